The number of carboxylic acids is 1. The molecule has 26 heavy (non-hydrogen) atoms. The molecular formula is C19H33NO5S. The van der Waals surface area contributed by atoms with E-state index in [1.54, 1.807) is 12.1 Å². The first kappa shape index (κ1) is 24.6. The number of carbonyl (C=O) groups is 1. The normalized spacial score (nSPS) is 12.2. The number of hydrogen-bond acceptors (Lipinski definition) is 4. The Bertz CT molecular complexity index is 599. The molecule has 0 aliphatic heterocycles. The van der Waals surface area contributed by atoms with Crippen molar-refractivity contribution >= 4 is 16.1 Å². The van der Waals surface area contributed by atoms with Gasteiger partial charge in [-0.1, -0.05) is 76.0 Å². The van der Waals surface area contributed by atoms with Crippen molar-refractivity contribution in [1.29, 1.82) is 0 Å². The largest absolute Gasteiger partial charge is 0.480 e. The van der Waals surface area contributed by atoms with E-state index in [9.17, 15) is 13.2 Å². The number of hydrogen-bond donors (Lipinski definition) is 3. The van der Waals surface area contributed by atoms with E-state index in [0.29, 0.717) is 6.42 Å². The number of carboxylic acid groups (broad SMARTS) is 1. The van der Waals surface area contributed by atoms with Crippen molar-refractivity contribution in [2.75, 3.05) is 0 Å². The lowest BCUT2D eigenvalue weighted by atomic mass is 10.1. The van der Waals surface area contributed by atoms with E-state index >= 15 is 0 Å². The van der Waals surface area contributed by atoms with Gasteiger partial charge in [-0.3, -0.25) is 9.35 Å². The molecule has 0 saturated carbocycles. The third-order valence-corrected chi connectivity index (χ3v) is 4.87. The highest BCUT2D eigenvalue weighted by molar-refractivity contribution is 7.85. The molecule has 1 rings (SSSR count). The van der Waals surface area contributed by atoms with Crippen molar-refractivity contribution in [3.8, 4) is 0 Å². The number of nitrogens with two attached hydrogens (primary N) is 1. The lowest BCUT2D eigenvalue weighted by Crippen LogP contribution is -2.29. The van der Waals surface area contributed by atoms with Gasteiger partial charge >= 0.3 is 5.97 Å². The molecule has 0 aliphatic carbocycles. The van der Waals surface area contributed by atoms with Gasteiger partial charge in [0.2, 0.25) is 0 Å². The molecule has 0 amide bonds. The molecular weight excluding hydrogens is 354 g/mol. The molecule has 150 valence electrons. The smallest absolute Gasteiger partial charge is 0.320 e. The molecule has 0 aliphatic rings. The first-order chi connectivity index (χ1) is 12.2. The molecule has 4 N–H and O–H groups in total. The number of benzene rings is 1. The predicted octanol–water partition coefficient (Wildman–Crippen LogP) is 4.17. The number of aryl methyl sites for hydroxylation is 1. The molecule has 6 nitrogen and oxygen atoms in total. The van der Waals surface area contributed by atoms with Crippen LogP contribution >= 0.6 is 0 Å². The van der Waals surface area contributed by atoms with E-state index in [-0.39, 0.29) is 4.90 Å². The van der Waals surface area contributed by atoms with Gasteiger partial charge in [-0.05, 0) is 25.5 Å². The fraction of sp³-hybridized carbons (Fsp3) is 0.632. The topological polar surface area (TPSA) is 118 Å². The second-order valence-electron chi connectivity index (χ2n) is 6.50. The molecule has 0 aromatic heterocycles. The van der Waals surface area contributed by atoms with E-state index in [1.807, 2.05) is 6.92 Å². The van der Waals surface area contributed by atoms with Crippen LogP contribution in [-0.4, -0.2) is 30.1 Å². The minimum atomic E-state index is -4.02. The van der Waals surface area contributed by atoms with Crippen LogP contribution in [0.2, 0.25) is 0 Å². The Hall–Kier alpha value is -1.44. The van der Waals surface area contributed by atoms with Gasteiger partial charge in [-0.2, -0.15) is 8.42 Å². The lowest BCUT2D eigenvalue weighted by molar-refractivity contribution is -0.138. The summed E-state index contributed by atoms with van der Waals surface area (Å²) in [5, 5.41) is 8.56. The standard InChI is InChI=1S/C12H25NO2.C7H8O3S/c1-2-3-4-5-6-7-8-9-10-11(13)12(14)15;1-6-2-4-7(5-3-6)11(8,9)10/h11H,2-10,13H2,1H3,(H,14,15);2-5H,1H3,(H,8,9,10). The van der Waals surface area contributed by atoms with Gasteiger partial charge in [-0.25, -0.2) is 0 Å². The number of aliphatic carboxylic acids is 1. The van der Waals surface area contributed by atoms with Gasteiger partial charge < -0.3 is 10.8 Å². The van der Waals surface area contributed by atoms with Gasteiger partial charge in [0.1, 0.15) is 6.04 Å². The Morgan fingerprint density at radius 2 is 1.46 bits per heavy atom. The van der Waals surface area contributed by atoms with Gasteiger partial charge in [-0.15, -0.1) is 0 Å². The Morgan fingerprint density at radius 3 is 1.88 bits per heavy atom. The summed E-state index contributed by atoms with van der Waals surface area (Å²) in [7, 11) is -4.02. The summed E-state index contributed by atoms with van der Waals surface area (Å²) < 4.78 is 29.6. The Kier molecular flexibility index (Phi) is 13.0. The minimum Gasteiger partial charge on any atom is -0.480 e. The highest BCUT2D eigenvalue weighted by Crippen LogP contribution is 2.10. The summed E-state index contributed by atoms with van der Waals surface area (Å²) >= 11 is 0. The van der Waals surface area contributed by atoms with Crippen molar-refractivity contribution in [3.63, 3.8) is 0 Å². The van der Waals surface area contributed by atoms with Crippen LogP contribution in [0.15, 0.2) is 29.2 Å². The molecule has 0 fully saturated rings. The zero-order valence-electron chi connectivity index (χ0n) is 15.9. The van der Waals surface area contributed by atoms with Crippen LogP contribution in [0.4, 0.5) is 0 Å². The SMILES string of the molecule is CCCCCCCCCCC(N)C(=O)O.Cc1ccc(S(=O)(=O)O)cc1. The van der Waals surface area contributed by atoms with Gasteiger partial charge in [0, 0.05) is 0 Å². The zero-order chi connectivity index (χ0) is 20.0. The molecule has 0 heterocycles. The number of unbranched alkanes of at least 4 members (excludes halogenated alkanes) is 7. The van der Waals surface area contributed by atoms with E-state index in [4.69, 9.17) is 15.4 Å². The van der Waals surface area contributed by atoms with Crippen LogP contribution in [-0.2, 0) is 14.9 Å². The quantitative estimate of drug-likeness (QED) is 0.387. The van der Waals surface area contributed by atoms with Crippen LogP contribution in [0.1, 0.15) is 70.3 Å². The highest BCUT2D eigenvalue weighted by atomic mass is 32.2. The average Bonchev–Trinajstić information content (AvgIpc) is 2.57. The Labute approximate surface area is 157 Å². The average molecular weight is 388 g/mol. The predicted molar refractivity (Wildman–Crippen MR) is 104 cm³/mol. The fourth-order valence-electron chi connectivity index (χ4n) is 2.33. The van der Waals surface area contributed by atoms with Crippen LogP contribution in [0.3, 0.4) is 0 Å². The summed E-state index contributed by atoms with van der Waals surface area (Å²) in [5.74, 6) is -0.877. The first-order valence-electron chi connectivity index (χ1n) is 9.21. The Balaban J connectivity index is 0.000000502. The lowest BCUT2D eigenvalue weighted by Gasteiger charge is -2.05. The third kappa shape index (κ3) is 12.9. The summed E-state index contributed by atoms with van der Waals surface area (Å²) in [6.45, 7) is 4.06. The van der Waals surface area contributed by atoms with Crippen molar-refractivity contribution in [1.82, 2.24) is 0 Å². The molecule has 1 aromatic rings. The van der Waals surface area contributed by atoms with E-state index in [0.717, 1.165) is 18.4 Å². The monoisotopic (exact) mass is 387 g/mol. The van der Waals surface area contributed by atoms with E-state index < -0.39 is 22.1 Å². The molecule has 1 unspecified atom stereocenters. The van der Waals surface area contributed by atoms with E-state index in [1.165, 1.54) is 50.7 Å². The maximum atomic E-state index is 10.5. The molecule has 0 saturated heterocycles. The summed E-state index contributed by atoms with van der Waals surface area (Å²) in [6.07, 6.45) is 10.5. The molecule has 7 heteroatoms. The van der Waals surface area contributed by atoms with Gasteiger partial charge in [0.05, 0.1) is 4.90 Å². The molecule has 0 spiro atoms. The van der Waals surface area contributed by atoms with E-state index in [2.05, 4.69) is 6.92 Å². The third-order valence-electron chi connectivity index (χ3n) is 4.00. The zero-order valence-corrected chi connectivity index (χ0v) is 16.7. The first-order valence-corrected chi connectivity index (χ1v) is 10.6. The summed E-state index contributed by atoms with van der Waals surface area (Å²) in [5.41, 5.74) is 6.35. The maximum Gasteiger partial charge on any atom is 0.320 e. The van der Waals surface area contributed by atoms with Crippen LogP contribution in [0.25, 0.3) is 0 Å². The maximum absolute atomic E-state index is 10.5. The van der Waals surface area contributed by atoms with Crippen molar-refractivity contribution in [2.24, 2.45) is 5.73 Å². The second-order valence-corrected chi connectivity index (χ2v) is 7.92. The van der Waals surface area contributed by atoms with Crippen LogP contribution in [0.5, 0.6) is 0 Å². The van der Waals surface area contributed by atoms with Gasteiger partial charge in [0.15, 0.2) is 0 Å². The minimum absolute atomic E-state index is 0.0666. The summed E-state index contributed by atoms with van der Waals surface area (Å²) in [4.78, 5) is 10.3. The summed E-state index contributed by atoms with van der Waals surface area (Å²) in [6, 6.07) is 5.33. The Morgan fingerprint density at radius 1 is 1.00 bits per heavy atom. The molecule has 1 atom stereocenters. The van der Waals surface area contributed by atoms with Crippen LogP contribution < -0.4 is 5.73 Å². The molecule has 0 radical (unpaired) electrons. The van der Waals surface area contributed by atoms with Crippen molar-refractivity contribution in [3.05, 3.63) is 29.8 Å². The van der Waals surface area contributed by atoms with Crippen LogP contribution in [0, 0.1) is 6.92 Å². The van der Waals surface area contributed by atoms with Crippen molar-refractivity contribution in [2.45, 2.75) is 82.6 Å². The van der Waals surface area contributed by atoms with Crippen molar-refractivity contribution < 1.29 is 22.9 Å². The second kappa shape index (κ2) is 13.7. The fourth-order valence-corrected chi connectivity index (χ4v) is 2.81. The highest BCUT2D eigenvalue weighted by Gasteiger charge is 2.09. The van der Waals surface area contributed by atoms with Gasteiger partial charge in [0.25, 0.3) is 10.1 Å². The molecule has 1 aromatic carbocycles. The number of rotatable bonds is 11. The molecule has 0 bridgehead atoms.